The summed E-state index contributed by atoms with van der Waals surface area (Å²) in [7, 11) is 0. The maximum Gasteiger partial charge on any atom is 0.290 e. The molecule has 0 bridgehead atoms. The van der Waals surface area contributed by atoms with Gasteiger partial charge in [-0.15, -0.1) is 0 Å². The highest BCUT2D eigenvalue weighted by atomic mass is 16.3. The summed E-state index contributed by atoms with van der Waals surface area (Å²) in [4.78, 5) is 37.7. The van der Waals surface area contributed by atoms with Gasteiger partial charge in [-0.25, -0.2) is 4.68 Å². The first-order chi connectivity index (χ1) is 16.0. The molecule has 1 fully saturated rings. The van der Waals surface area contributed by atoms with E-state index in [1.54, 1.807) is 30.3 Å². The lowest BCUT2D eigenvalue weighted by Crippen LogP contribution is -2.42. The Balaban J connectivity index is 1.43. The van der Waals surface area contributed by atoms with Gasteiger partial charge in [0.25, 0.3) is 17.4 Å². The monoisotopic (exact) mass is 448 g/mol. The molecule has 1 aliphatic rings. The zero-order valence-electron chi connectivity index (χ0n) is 18.8. The number of fused-ring (bicyclic) bond motifs is 1. The van der Waals surface area contributed by atoms with Crippen molar-refractivity contribution in [2.24, 2.45) is 5.92 Å². The first-order valence-corrected chi connectivity index (χ1v) is 11.4. The van der Waals surface area contributed by atoms with Gasteiger partial charge in [-0.05, 0) is 43.0 Å². The molecule has 0 saturated heterocycles. The third-order valence-corrected chi connectivity index (χ3v) is 5.88. The number of hydrogen-bond acceptors (Lipinski definition) is 5. The SMILES string of the molecule is CCCCCn1nc(C(=O)NNC(=O)/C=C/c2ccc(C3CC3C)o2)c2ccccc2c1=O. The molecule has 1 aromatic carbocycles. The summed E-state index contributed by atoms with van der Waals surface area (Å²) < 4.78 is 7.06. The van der Waals surface area contributed by atoms with Crippen molar-refractivity contribution >= 4 is 28.7 Å². The van der Waals surface area contributed by atoms with E-state index in [-0.39, 0.29) is 11.3 Å². The van der Waals surface area contributed by atoms with E-state index >= 15 is 0 Å². The zero-order chi connectivity index (χ0) is 23.4. The fraction of sp³-hybridized carbons (Fsp3) is 0.360. The van der Waals surface area contributed by atoms with E-state index in [0.29, 0.717) is 34.9 Å². The number of carbonyl (C=O) groups is 2. The third-order valence-electron chi connectivity index (χ3n) is 5.88. The molecule has 2 aromatic heterocycles. The van der Waals surface area contributed by atoms with E-state index in [9.17, 15) is 14.4 Å². The van der Waals surface area contributed by atoms with Gasteiger partial charge in [0.15, 0.2) is 5.69 Å². The Kier molecular flexibility index (Phi) is 6.72. The molecule has 172 valence electrons. The molecule has 2 unspecified atom stereocenters. The number of carbonyl (C=O) groups excluding carboxylic acids is 2. The average Bonchev–Trinajstić information content (AvgIpc) is 3.36. The van der Waals surface area contributed by atoms with Crippen LogP contribution in [-0.2, 0) is 11.3 Å². The molecule has 8 nitrogen and oxygen atoms in total. The molecule has 0 radical (unpaired) electrons. The van der Waals surface area contributed by atoms with Gasteiger partial charge in [-0.1, -0.05) is 44.9 Å². The molecule has 0 spiro atoms. The van der Waals surface area contributed by atoms with Gasteiger partial charge < -0.3 is 4.42 Å². The van der Waals surface area contributed by atoms with Gasteiger partial charge in [-0.2, -0.15) is 5.10 Å². The number of nitrogens with one attached hydrogen (secondary N) is 2. The first-order valence-electron chi connectivity index (χ1n) is 11.4. The lowest BCUT2D eigenvalue weighted by Gasteiger charge is -2.11. The van der Waals surface area contributed by atoms with Gasteiger partial charge in [-0.3, -0.25) is 25.2 Å². The van der Waals surface area contributed by atoms with Gasteiger partial charge in [0.05, 0.1) is 5.39 Å². The number of benzene rings is 1. The van der Waals surface area contributed by atoms with Gasteiger partial charge in [0.1, 0.15) is 11.5 Å². The molecule has 1 aliphatic carbocycles. The molecule has 8 heteroatoms. The molecule has 2 amide bonds. The van der Waals surface area contributed by atoms with E-state index in [1.165, 1.54) is 10.8 Å². The Morgan fingerprint density at radius 2 is 1.91 bits per heavy atom. The third kappa shape index (κ3) is 5.22. The number of hydrazine groups is 1. The molecule has 0 aliphatic heterocycles. The maximum atomic E-state index is 12.8. The van der Waals surface area contributed by atoms with Crippen LogP contribution < -0.4 is 16.4 Å². The van der Waals surface area contributed by atoms with Gasteiger partial charge in [0.2, 0.25) is 0 Å². The van der Waals surface area contributed by atoms with Gasteiger partial charge in [0, 0.05) is 23.9 Å². The number of furan rings is 1. The van der Waals surface area contributed by atoms with Crippen molar-refractivity contribution in [2.45, 2.75) is 52.0 Å². The number of unbranched alkanes of at least 4 members (excludes halogenated alkanes) is 2. The van der Waals surface area contributed by atoms with Crippen LogP contribution in [0.5, 0.6) is 0 Å². The van der Waals surface area contributed by atoms with Crippen molar-refractivity contribution in [1.82, 2.24) is 20.6 Å². The van der Waals surface area contributed by atoms with E-state index in [0.717, 1.165) is 31.4 Å². The number of hydrogen-bond donors (Lipinski definition) is 2. The predicted molar refractivity (Wildman–Crippen MR) is 125 cm³/mol. The Labute approximate surface area is 191 Å². The van der Waals surface area contributed by atoms with Crippen LogP contribution in [0.2, 0.25) is 0 Å². The summed E-state index contributed by atoms with van der Waals surface area (Å²) in [5.41, 5.74) is 4.59. The molecule has 2 heterocycles. The van der Waals surface area contributed by atoms with Crippen molar-refractivity contribution in [3.63, 3.8) is 0 Å². The summed E-state index contributed by atoms with van der Waals surface area (Å²) >= 11 is 0. The largest absolute Gasteiger partial charge is 0.461 e. The lowest BCUT2D eigenvalue weighted by molar-refractivity contribution is -0.117. The Hall–Kier alpha value is -3.68. The fourth-order valence-electron chi connectivity index (χ4n) is 3.82. The maximum absolute atomic E-state index is 12.8. The topological polar surface area (TPSA) is 106 Å². The molecule has 2 atom stereocenters. The first kappa shape index (κ1) is 22.5. The summed E-state index contributed by atoms with van der Waals surface area (Å²) in [6.07, 6.45) is 6.72. The zero-order valence-corrected chi connectivity index (χ0v) is 18.8. The molecular formula is C25H28N4O4. The van der Waals surface area contributed by atoms with Gasteiger partial charge >= 0.3 is 0 Å². The second kappa shape index (κ2) is 9.85. The standard InChI is InChI=1S/C25H28N4O4/c1-3-4-7-14-29-25(32)19-9-6-5-8-18(19)23(28-29)24(31)27-26-22(30)13-11-17-10-12-21(33-17)20-15-16(20)2/h5-6,8-13,16,20H,3-4,7,14-15H2,1-2H3,(H,26,30)(H,27,31)/b13-11+. The van der Waals surface area contributed by atoms with Crippen LogP contribution in [0.4, 0.5) is 0 Å². The smallest absolute Gasteiger partial charge is 0.290 e. The number of rotatable bonds is 8. The summed E-state index contributed by atoms with van der Waals surface area (Å²) in [5, 5.41) is 5.14. The number of nitrogens with zero attached hydrogens (tertiary/aromatic N) is 2. The van der Waals surface area contributed by atoms with Crippen molar-refractivity contribution in [3.05, 3.63) is 70.0 Å². The molecule has 2 N–H and O–H groups in total. The highest BCUT2D eigenvalue weighted by Crippen LogP contribution is 2.47. The molecule has 33 heavy (non-hydrogen) atoms. The Morgan fingerprint density at radius 1 is 1.15 bits per heavy atom. The van der Waals surface area contributed by atoms with E-state index in [4.69, 9.17) is 4.42 Å². The van der Waals surface area contributed by atoms with Crippen LogP contribution in [0.3, 0.4) is 0 Å². The van der Waals surface area contributed by atoms with Crippen LogP contribution in [0.1, 0.15) is 67.5 Å². The highest BCUT2D eigenvalue weighted by molar-refractivity contribution is 6.05. The molecular weight excluding hydrogens is 420 g/mol. The minimum absolute atomic E-state index is 0.0835. The van der Waals surface area contributed by atoms with Crippen molar-refractivity contribution in [3.8, 4) is 0 Å². The quantitative estimate of drug-likeness (QED) is 0.310. The summed E-state index contributed by atoms with van der Waals surface area (Å²) in [6, 6.07) is 10.6. The highest BCUT2D eigenvalue weighted by Gasteiger charge is 2.36. The van der Waals surface area contributed by atoms with Crippen LogP contribution >= 0.6 is 0 Å². The predicted octanol–water partition coefficient (Wildman–Crippen LogP) is 3.78. The molecule has 1 saturated carbocycles. The van der Waals surface area contributed by atoms with E-state index in [1.807, 2.05) is 12.1 Å². The van der Waals surface area contributed by atoms with Crippen molar-refractivity contribution in [2.75, 3.05) is 0 Å². The minimum Gasteiger partial charge on any atom is -0.461 e. The second-order valence-corrected chi connectivity index (χ2v) is 8.47. The van der Waals surface area contributed by atoms with Crippen LogP contribution in [0.25, 0.3) is 16.8 Å². The fourth-order valence-corrected chi connectivity index (χ4v) is 3.82. The normalized spacial score (nSPS) is 17.4. The summed E-state index contributed by atoms with van der Waals surface area (Å²) in [5.74, 6) is 1.51. The van der Waals surface area contributed by atoms with Crippen molar-refractivity contribution in [1.29, 1.82) is 0 Å². The van der Waals surface area contributed by atoms with Crippen LogP contribution in [-0.4, -0.2) is 21.6 Å². The van der Waals surface area contributed by atoms with E-state index < -0.39 is 11.8 Å². The van der Waals surface area contributed by atoms with Crippen molar-refractivity contribution < 1.29 is 14.0 Å². The molecule has 4 rings (SSSR count). The Morgan fingerprint density at radius 3 is 2.64 bits per heavy atom. The van der Waals surface area contributed by atoms with E-state index in [2.05, 4.69) is 29.8 Å². The minimum atomic E-state index is -0.597. The molecule has 3 aromatic rings. The number of aromatic nitrogens is 2. The summed E-state index contributed by atoms with van der Waals surface area (Å²) in [6.45, 7) is 4.68. The van der Waals surface area contributed by atoms with Crippen LogP contribution in [0, 0.1) is 5.92 Å². The Bertz CT molecular complexity index is 1260. The van der Waals surface area contributed by atoms with Crippen LogP contribution in [0.15, 0.2) is 51.7 Å². The number of aryl methyl sites for hydroxylation is 1. The second-order valence-electron chi connectivity index (χ2n) is 8.47. The average molecular weight is 449 g/mol. The lowest BCUT2D eigenvalue weighted by atomic mass is 10.1. The number of amides is 2.